The van der Waals surface area contributed by atoms with Crippen molar-refractivity contribution in [3.8, 4) is 10.4 Å². The monoisotopic (exact) mass is 319 g/mol. The highest BCUT2D eigenvalue weighted by Gasteiger charge is 2.01. The van der Waals surface area contributed by atoms with Crippen LogP contribution in [0.2, 0.25) is 0 Å². The van der Waals surface area contributed by atoms with Gasteiger partial charge in [0.05, 0.1) is 0 Å². The zero-order valence-corrected chi connectivity index (χ0v) is 14.4. The van der Waals surface area contributed by atoms with Crippen LogP contribution in [0.5, 0.6) is 0 Å². The first-order valence-corrected chi connectivity index (χ1v) is 9.95. The lowest BCUT2D eigenvalue weighted by atomic mass is 10.2. The molecule has 0 amide bonds. The van der Waals surface area contributed by atoms with E-state index in [0.29, 0.717) is 0 Å². The quantitative estimate of drug-likeness (QED) is 0.586. The van der Waals surface area contributed by atoms with Gasteiger partial charge in [-0.05, 0) is 49.1 Å². The van der Waals surface area contributed by atoms with Crippen LogP contribution >= 0.6 is 23.1 Å². The highest BCUT2D eigenvalue weighted by atomic mass is 32.2. The van der Waals surface area contributed by atoms with Gasteiger partial charge in [0.2, 0.25) is 0 Å². The molecule has 0 aliphatic heterocycles. The Labute approximate surface area is 137 Å². The van der Waals surface area contributed by atoms with Crippen LogP contribution in [-0.4, -0.2) is 18.6 Å². The number of thiophene rings is 1. The third-order valence-electron chi connectivity index (χ3n) is 3.47. The predicted molar refractivity (Wildman–Crippen MR) is 98.3 cm³/mol. The molecule has 1 N–H and O–H groups in total. The normalized spacial score (nSPS) is 10.9. The number of rotatable bonds is 10. The average molecular weight is 320 g/mol. The van der Waals surface area contributed by atoms with E-state index in [1.54, 1.807) is 0 Å². The van der Waals surface area contributed by atoms with Crippen LogP contribution in [0.4, 0.5) is 0 Å². The van der Waals surface area contributed by atoms with Crippen molar-refractivity contribution in [2.24, 2.45) is 0 Å². The standard InChI is InChI=1S/C18H25NS2/c1-20-14-8-3-2-7-13-19-15-17-11-12-18(21-17)16-9-5-4-6-10-16/h4-6,9-12,19H,2-3,7-8,13-15H2,1H3. The van der Waals surface area contributed by atoms with E-state index < -0.39 is 0 Å². The van der Waals surface area contributed by atoms with Crippen LogP contribution in [0.15, 0.2) is 42.5 Å². The first-order valence-electron chi connectivity index (χ1n) is 7.74. The summed E-state index contributed by atoms with van der Waals surface area (Å²) in [6, 6.07) is 15.1. The Morgan fingerprint density at radius 2 is 1.76 bits per heavy atom. The molecule has 0 unspecified atom stereocenters. The predicted octanol–water partition coefficient (Wildman–Crippen LogP) is 5.43. The molecule has 21 heavy (non-hydrogen) atoms. The van der Waals surface area contributed by atoms with E-state index >= 15 is 0 Å². The van der Waals surface area contributed by atoms with Gasteiger partial charge in [0.15, 0.2) is 0 Å². The van der Waals surface area contributed by atoms with Crippen LogP contribution in [0.1, 0.15) is 30.6 Å². The largest absolute Gasteiger partial charge is 0.312 e. The number of thioether (sulfide) groups is 1. The summed E-state index contributed by atoms with van der Waals surface area (Å²) in [6.07, 6.45) is 7.58. The van der Waals surface area contributed by atoms with Gasteiger partial charge in [0, 0.05) is 16.3 Å². The second-order valence-corrected chi connectivity index (χ2v) is 7.37. The molecule has 0 fully saturated rings. The average Bonchev–Trinajstić information content (AvgIpc) is 3.00. The number of benzene rings is 1. The third-order valence-corrected chi connectivity index (χ3v) is 5.30. The van der Waals surface area contributed by atoms with Crippen molar-refractivity contribution >= 4 is 23.1 Å². The Hall–Kier alpha value is -0.770. The zero-order chi connectivity index (χ0) is 14.8. The topological polar surface area (TPSA) is 12.0 Å². The van der Waals surface area contributed by atoms with Crippen LogP contribution in [0, 0.1) is 0 Å². The number of hydrogen-bond acceptors (Lipinski definition) is 3. The maximum absolute atomic E-state index is 3.56. The van der Waals surface area contributed by atoms with Crippen molar-refractivity contribution in [3.05, 3.63) is 47.3 Å². The first kappa shape index (κ1) is 16.6. The van der Waals surface area contributed by atoms with E-state index in [4.69, 9.17) is 0 Å². The lowest BCUT2D eigenvalue weighted by molar-refractivity contribution is 0.602. The maximum atomic E-state index is 3.56. The molecule has 0 spiro atoms. The number of nitrogens with one attached hydrogen (secondary N) is 1. The molecule has 0 saturated heterocycles. The van der Waals surface area contributed by atoms with E-state index in [9.17, 15) is 0 Å². The minimum absolute atomic E-state index is 1.00. The Bertz CT molecular complexity index is 493. The van der Waals surface area contributed by atoms with Crippen molar-refractivity contribution in [1.82, 2.24) is 5.32 Å². The van der Waals surface area contributed by atoms with Crippen LogP contribution < -0.4 is 5.32 Å². The molecule has 0 atom stereocenters. The lowest BCUT2D eigenvalue weighted by Crippen LogP contribution is -2.13. The van der Waals surface area contributed by atoms with Gasteiger partial charge in [-0.2, -0.15) is 11.8 Å². The molecule has 3 heteroatoms. The smallest absolute Gasteiger partial charge is 0.0346 e. The van der Waals surface area contributed by atoms with Crippen LogP contribution in [-0.2, 0) is 6.54 Å². The molecule has 1 aromatic heterocycles. The molecule has 0 radical (unpaired) electrons. The van der Waals surface area contributed by atoms with Crippen molar-refractivity contribution in [2.45, 2.75) is 32.2 Å². The highest BCUT2D eigenvalue weighted by molar-refractivity contribution is 7.98. The van der Waals surface area contributed by atoms with E-state index in [0.717, 1.165) is 13.1 Å². The Morgan fingerprint density at radius 1 is 0.952 bits per heavy atom. The van der Waals surface area contributed by atoms with Gasteiger partial charge in [-0.1, -0.05) is 43.2 Å². The molecule has 114 valence electrons. The van der Waals surface area contributed by atoms with Gasteiger partial charge in [-0.25, -0.2) is 0 Å². The summed E-state index contributed by atoms with van der Waals surface area (Å²) in [6.45, 7) is 2.14. The summed E-state index contributed by atoms with van der Waals surface area (Å²) in [7, 11) is 0. The SMILES string of the molecule is CSCCCCCCNCc1ccc(-c2ccccc2)s1. The van der Waals surface area contributed by atoms with Crippen molar-refractivity contribution in [3.63, 3.8) is 0 Å². The second kappa shape index (κ2) is 10.0. The lowest BCUT2D eigenvalue weighted by Gasteiger charge is -2.03. The molecule has 1 nitrogen and oxygen atoms in total. The van der Waals surface area contributed by atoms with Gasteiger partial charge in [0.25, 0.3) is 0 Å². The molecule has 0 saturated carbocycles. The molecule has 1 aromatic carbocycles. The van der Waals surface area contributed by atoms with E-state index in [-0.39, 0.29) is 0 Å². The Morgan fingerprint density at radius 3 is 2.57 bits per heavy atom. The molecular weight excluding hydrogens is 294 g/mol. The summed E-state index contributed by atoms with van der Waals surface area (Å²) in [5, 5.41) is 3.56. The van der Waals surface area contributed by atoms with Gasteiger partial charge < -0.3 is 5.32 Å². The summed E-state index contributed by atoms with van der Waals surface area (Å²) in [5.41, 5.74) is 1.32. The van der Waals surface area contributed by atoms with Crippen molar-refractivity contribution < 1.29 is 0 Å². The zero-order valence-electron chi connectivity index (χ0n) is 12.8. The Kier molecular flexibility index (Phi) is 7.94. The number of unbranched alkanes of at least 4 members (excludes halogenated alkanes) is 3. The third kappa shape index (κ3) is 6.25. The van der Waals surface area contributed by atoms with Gasteiger partial charge >= 0.3 is 0 Å². The first-order chi connectivity index (χ1) is 10.4. The minimum Gasteiger partial charge on any atom is -0.312 e. The molecule has 0 aliphatic rings. The fourth-order valence-electron chi connectivity index (χ4n) is 2.29. The summed E-state index contributed by atoms with van der Waals surface area (Å²) in [5.74, 6) is 1.31. The molecule has 0 aliphatic carbocycles. The molecule has 0 bridgehead atoms. The molecule has 1 heterocycles. The highest BCUT2D eigenvalue weighted by Crippen LogP contribution is 2.27. The van der Waals surface area contributed by atoms with E-state index in [1.807, 2.05) is 23.1 Å². The molecule has 2 rings (SSSR count). The van der Waals surface area contributed by atoms with E-state index in [1.165, 1.54) is 46.8 Å². The summed E-state index contributed by atoms with van der Waals surface area (Å²) < 4.78 is 0. The maximum Gasteiger partial charge on any atom is 0.0346 e. The summed E-state index contributed by atoms with van der Waals surface area (Å²) in [4.78, 5) is 2.79. The van der Waals surface area contributed by atoms with Gasteiger partial charge in [-0.3, -0.25) is 0 Å². The van der Waals surface area contributed by atoms with E-state index in [2.05, 4.69) is 54.0 Å². The number of hydrogen-bond donors (Lipinski definition) is 1. The fourth-order valence-corrected chi connectivity index (χ4v) is 3.77. The van der Waals surface area contributed by atoms with Gasteiger partial charge in [0.1, 0.15) is 0 Å². The Balaban J connectivity index is 1.63. The van der Waals surface area contributed by atoms with Crippen molar-refractivity contribution in [1.29, 1.82) is 0 Å². The van der Waals surface area contributed by atoms with Crippen LogP contribution in [0.25, 0.3) is 10.4 Å². The molecular formula is C18H25NS2. The molecule has 2 aromatic rings. The second-order valence-electron chi connectivity index (χ2n) is 5.22. The fraction of sp³-hybridized carbons (Fsp3) is 0.444. The van der Waals surface area contributed by atoms with Crippen molar-refractivity contribution in [2.75, 3.05) is 18.6 Å². The van der Waals surface area contributed by atoms with Crippen LogP contribution in [0.3, 0.4) is 0 Å². The summed E-state index contributed by atoms with van der Waals surface area (Å²) >= 11 is 3.85. The minimum atomic E-state index is 1.00. The van der Waals surface area contributed by atoms with Gasteiger partial charge in [-0.15, -0.1) is 11.3 Å².